The molecule has 1 aromatic heterocycles. The highest BCUT2D eigenvalue weighted by atomic mass is 32.1. The number of carbonyl (C=O) groups excluding carboxylic acids is 3. The maximum absolute atomic E-state index is 13.9. The highest BCUT2D eigenvalue weighted by Crippen LogP contribution is 2.32. The van der Waals surface area contributed by atoms with Crippen LogP contribution in [0.3, 0.4) is 0 Å². The summed E-state index contributed by atoms with van der Waals surface area (Å²) in [5.74, 6) is -0.247. The average molecular weight is 583 g/mol. The average Bonchev–Trinajstić information content (AvgIpc) is 3.70. The predicted molar refractivity (Wildman–Crippen MR) is 164 cm³/mol. The summed E-state index contributed by atoms with van der Waals surface area (Å²) in [4.78, 5) is 50.0. The molecule has 0 atom stereocenters. The SMILES string of the molecule is CN(C)C1CCN(C(=O)c2ccc(N3N=C(c4ccccc4)C(=C4CCN(C(=O)c5cscn5)CC4)C3=O)cc2)CC1. The third-order valence-electron chi connectivity index (χ3n) is 8.39. The fraction of sp³-hybridized carbons (Fsp3) is 0.344. The third-order valence-corrected chi connectivity index (χ3v) is 8.98. The van der Waals surface area contributed by atoms with Crippen LogP contribution in [0.5, 0.6) is 0 Å². The molecule has 2 fully saturated rings. The van der Waals surface area contributed by atoms with Crippen molar-refractivity contribution in [3.05, 3.63) is 93.5 Å². The van der Waals surface area contributed by atoms with E-state index >= 15 is 0 Å². The Morgan fingerprint density at radius 2 is 1.55 bits per heavy atom. The Kier molecular flexibility index (Phi) is 7.99. The minimum atomic E-state index is -0.187. The van der Waals surface area contributed by atoms with Gasteiger partial charge in [0.2, 0.25) is 0 Å². The molecule has 10 heteroatoms. The molecule has 2 aromatic carbocycles. The van der Waals surface area contributed by atoms with Crippen molar-refractivity contribution in [1.82, 2.24) is 19.7 Å². The van der Waals surface area contributed by atoms with Gasteiger partial charge in [0.25, 0.3) is 17.7 Å². The van der Waals surface area contributed by atoms with Crippen molar-refractivity contribution in [3.8, 4) is 0 Å². The van der Waals surface area contributed by atoms with Gasteiger partial charge in [0, 0.05) is 48.7 Å². The van der Waals surface area contributed by atoms with Crippen LogP contribution in [0.15, 0.2) is 81.7 Å². The van der Waals surface area contributed by atoms with Crippen molar-refractivity contribution in [2.75, 3.05) is 45.3 Å². The predicted octanol–water partition coefficient (Wildman–Crippen LogP) is 4.29. The number of benzene rings is 2. The van der Waals surface area contributed by atoms with Crippen molar-refractivity contribution in [2.24, 2.45) is 5.10 Å². The second kappa shape index (κ2) is 12.0. The molecule has 42 heavy (non-hydrogen) atoms. The van der Waals surface area contributed by atoms with Crippen LogP contribution in [0.1, 0.15) is 52.1 Å². The molecule has 2 saturated heterocycles. The molecular weight excluding hydrogens is 548 g/mol. The number of hydrazone groups is 1. The van der Waals surface area contributed by atoms with Crippen molar-refractivity contribution in [1.29, 1.82) is 0 Å². The number of likely N-dealkylation sites (tertiary alicyclic amines) is 2. The van der Waals surface area contributed by atoms with E-state index in [2.05, 4.69) is 24.0 Å². The Balaban J connectivity index is 1.22. The highest BCUT2D eigenvalue weighted by Gasteiger charge is 2.36. The first kappa shape index (κ1) is 28.0. The summed E-state index contributed by atoms with van der Waals surface area (Å²) in [5, 5.41) is 8.01. The lowest BCUT2D eigenvalue weighted by Gasteiger charge is -2.35. The Bertz CT molecular complexity index is 1510. The molecule has 3 aliphatic rings. The third kappa shape index (κ3) is 5.52. The minimum absolute atomic E-state index is 0.0155. The summed E-state index contributed by atoms with van der Waals surface area (Å²) in [6.07, 6.45) is 3.11. The first-order chi connectivity index (χ1) is 20.4. The summed E-state index contributed by atoms with van der Waals surface area (Å²) in [7, 11) is 4.17. The number of anilines is 1. The van der Waals surface area contributed by atoms with Crippen LogP contribution in [0.2, 0.25) is 0 Å². The molecule has 3 aliphatic heterocycles. The lowest BCUT2D eigenvalue weighted by atomic mass is 9.92. The van der Waals surface area contributed by atoms with Crippen LogP contribution < -0.4 is 5.01 Å². The molecule has 0 saturated carbocycles. The van der Waals surface area contributed by atoms with E-state index in [1.165, 1.54) is 16.3 Å². The van der Waals surface area contributed by atoms with Gasteiger partial charge in [-0.05, 0) is 64.0 Å². The minimum Gasteiger partial charge on any atom is -0.339 e. The molecule has 0 spiro atoms. The van der Waals surface area contributed by atoms with Gasteiger partial charge in [-0.15, -0.1) is 11.3 Å². The second-order valence-corrected chi connectivity index (χ2v) is 11.8. The first-order valence-electron chi connectivity index (χ1n) is 14.3. The number of hydrogen-bond acceptors (Lipinski definition) is 7. The van der Waals surface area contributed by atoms with E-state index in [0.717, 1.165) is 37.1 Å². The Labute approximate surface area is 249 Å². The van der Waals surface area contributed by atoms with Crippen LogP contribution in [0.4, 0.5) is 5.69 Å². The van der Waals surface area contributed by atoms with E-state index in [9.17, 15) is 14.4 Å². The lowest BCUT2D eigenvalue weighted by Crippen LogP contribution is -2.44. The van der Waals surface area contributed by atoms with Crippen LogP contribution in [0.25, 0.3) is 0 Å². The molecule has 6 rings (SSSR count). The van der Waals surface area contributed by atoms with E-state index in [4.69, 9.17) is 5.10 Å². The van der Waals surface area contributed by atoms with Gasteiger partial charge in [-0.25, -0.2) is 4.98 Å². The molecule has 216 valence electrons. The number of rotatable bonds is 5. The Morgan fingerprint density at radius 3 is 2.17 bits per heavy atom. The quantitative estimate of drug-likeness (QED) is 0.419. The number of aromatic nitrogens is 1. The standard InChI is InChI=1S/C32H34N6O3S/c1-35(2)25-14-18-36(19-15-25)30(39)24-8-10-26(11-9-24)38-32(41)28(29(34-38)23-6-4-3-5-7-23)22-12-16-37(17-13-22)31(40)27-20-42-21-33-27/h3-11,20-21,25H,12-19H2,1-2H3. The second-order valence-electron chi connectivity index (χ2n) is 11.1. The van der Waals surface area contributed by atoms with Gasteiger partial charge in [0.05, 0.1) is 16.8 Å². The number of carbonyl (C=O) groups is 3. The molecule has 4 heterocycles. The lowest BCUT2D eigenvalue weighted by molar-refractivity contribution is -0.114. The molecule has 0 bridgehead atoms. The van der Waals surface area contributed by atoms with Crippen molar-refractivity contribution in [2.45, 2.75) is 31.7 Å². The van der Waals surface area contributed by atoms with Gasteiger partial charge in [-0.1, -0.05) is 35.9 Å². The van der Waals surface area contributed by atoms with Crippen LogP contribution in [-0.2, 0) is 4.79 Å². The Hall–Kier alpha value is -4.15. The summed E-state index contributed by atoms with van der Waals surface area (Å²) in [6, 6.07) is 17.4. The Morgan fingerprint density at radius 1 is 0.881 bits per heavy atom. The molecule has 9 nitrogen and oxygen atoms in total. The molecule has 0 aliphatic carbocycles. The van der Waals surface area contributed by atoms with E-state index < -0.39 is 0 Å². The normalized spacial score (nSPS) is 18.2. The first-order valence-corrected chi connectivity index (χ1v) is 15.3. The van der Waals surface area contributed by atoms with E-state index in [1.54, 1.807) is 40.1 Å². The molecule has 3 amide bonds. The molecule has 0 unspecified atom stereocenters. The van der Waals surface area contributed by atoms with Gasteiger partial charge < -0.3 is 14.7 Å². The van der Waals surface area contributed by atoms with Gasteiger partial charge in [0.1, 0.15) is 11.4 Å². The zero-order chi connectivity index (χ0) is 29.2. The summed E-state index contributed by atoms with van der Waals surface area (Å²) in [6.45, 7) is 2.52. The molecule has 3 aromatic rings. The van der Waals surface area contributed by atoms with Crippen molar-refractivity contribution < 1.29 is 14.4 Å². The molecular formula is C32H34N6O3S. The fourth-order valence-corrected chi connectivity index (χ4v) is 6.44. The molecule has 0 radical (unpaired) electrons. The number of nitrogens with zero attached hydrogens (tertiary/aromatic N) is 6. The number of piperidine rings is 2. The number of thiazole rings is 1. The maximum atomic E-state index is 13.9. The van der Waals surface area contributed by atoms with Gasteiger partial charge in [-0.3, -0.25) is 14.4 Å². The van der Waals surface area contributed by atoms with E-state index in [-0.39, 0.29) is 17.7 Å². The van der Waals surface area contributed by atoms with Gasteiger partial charge in [0.15, 0.2) is 0 Å². The van der Waals surface area contributed by atoms with Gasteiger partial charge in [-0.2, -0.15) is 10.1 Å². The molecule has 0 N–H and O–H groups in total. The maximum Gasteiger partial charge on any atom is 0.280 e. The smallest absolute Gasteiger partial charge is 0.280 e. The van der Waals surface area contributed by atoms with Crippen molar-refractivity contribution in [3.63, 3.8) is 0 Å². The number of amides is 3. The van der Waals surface area contributed by atoms with Crippen LogP contribution >= 0.6 is 11.3 Å². The van der Waals surface area contributed by atoms with E-state index in [0.29, 0.717) is 60.2 Å². The van der Waals surface area contributed by atoms with E-state index in [1.807, 2.05) is 35.2 Å². The zero-order valence-electron chi connectivity index (χ0n) is 23.9. The summed E-state index contributed by atoms with van der Waals surface area (Å²) < 4.78 is 0. The zero-order valence-corrected chi connectivity index (χ0v) is 24.7. The summed E-state index contributed by atoms with van der Waals surface area (Å²) in [5.41, 5.74) is 6.45. The fourth-order valence-electron chi connectivity index (χ4n) is 5.92. The van der Waals surface area contributed by atoms with Gasteiger partial charge >= 0.3 is 0 Å². The van der Waals surface area contributed by atoms with Crippen LogP contribution in [0, 0.1) is 0 Å². The topological polar surface area (TPSA) is 89.4 Å². The van der Waals surface area contributed by atoms with Crippen LogP contribution in [-0.4, -0.2) is 89.4 Å². The largest absolute Gasteiger partial charge is 0.339 e. The summed E-state index contributed by atoms with van der Waals surface area (Å²) >= 11 is 1.40. The highest BCUT2D eigenvalue weighted by molar-refractivity contribution is 7.07. The number of hydrogen-bond donors (Lipinski definition) is 0. The van der Waals surface area contributed by atoms with Crippen molar-refractivity contribution >= 4 is 40.5 Å². The monoisotopic (exact) mass is 582 g/mol.